The summed E-state index contributed by atoms with van der Waals surface area (Å²) in [6, 6.07) is 0. The summed E-state index contributed by atoms with van der Waals surface area (Å²) in [5.74, 6) is 3.05. The summed E-state index contributed by atoms with van der Waals surface area (Å²) < 4.78 is 0. The molecule has 0 aromatic rings. The van der Waals surface area contributed by atoms with Crippen molar-refractivity contribution in [1.29, 1.82) is 0 Å². The first-order chi connectivity index (χ1) is 3.22. The molecule has 0 nitrogen and oxygen atoms in total. The van der Waals surface area contributed by atoms with Crippen molar-refractivity contribution in [2.75, 3.05) is 0 Å². The van der Waals surface area contributed by atoms with E-state index in [1.54, 1.807) is 0 Å². The summed E-state index contributed by atoms with van der Waals surface area (Å²) in [5, 5.41) is 0. The van der Waals surface area contributed by atoms with Crippen LogP contribution in [0.15, 0.2) is 0 Å². The normalized spacial score (nSPS) is 34.5. The molecule has 0 aromatic carbocycles. The van der Waals surface area contributed by atoms with Crippen LogP contribution in [0.2, 0.25) is 0 Å². The van der Waals surface area contributed by atoms with Crippen LogP contribution in [0.5, 0.6) is 0 Å². The van der Waals surface area contributed by atoms with Crippen LogP contribution < -0.4 is 0 Å². The molecule has 0 N–H and O–H groups in total. The standard InChI is InChI=1S/C7H14.CH4/c1-5(2)7-4-6(7)3;/h5-7H,4H2,1-3H3;1H4. The average Bonchev–Trinajstić information content (AvgIpc) is 2.17. The molecule has 0 aromatic heterocycles. The van der Waals surface area contributed by atoms with Gasteiger partial charge >= 0.3 is 0 Å². The van der Waals surface area contributed by atoms with Gasteiger partial charge < -0.3 is 0 Å². The van der Waals surface area contributed by atoms with Crippen LogP contribution in [0, 0.1) is 17.8 Å². The summed E-state index contributed by atoms with van der Waals surface area (Å²) in [5.41, 5.74) is 0. The maximum absolute atomic E-state index is 2.34. The lowest BCUT2D eigenvalue weighted by Crippen LogP contribution is -1.89. The summed E-state index contributed by atoms with van der Waals surface area (Å²) in [6.07, 6.45) is 1.48. The second-order valence-corrected chi connectivity index (χ2v) is 3.12. The van der Waals surface area contributed by atoms with Crippen molar-refractivity contribution in [3.63, 3.8) is 0 Å². The Kier molecular flexibility index (Phi) is 2.52. The molecular formula is C8H18. The van der Waals surface area contributed by atoms with Crippen LogP contribution in [0.3, 0.4) is 0 Å². The van der Waals surface area contributed by atoms with E-state index in [1.807, 2.05) is 0 Å². The smallest absolute Gasteiger partial charge is 0.0363 e. The molecule has 0 heteroatoms. The van der Waals surface area contributed by atoms with E-state index in [0.29, 0.717) is 0 Å². The van der Waals surface area contributed by atoms with Gasteiger partial charge in [0.1, 0.15) is 0 Å². The van der Waals surface area contributed by atoms with Gasteiger partial charge in [0.15, 0.2) is 0 Å². The van der Waals surface area contributed by atoms with Crippen LogP contribution >= 0.6 is 0 Å². The molecule has 0 aliphatic heterocycles. The highest BCUT2D eigenvalue weighted by molar-refractivity contribution is 4.84. The molecular weight excluding hydrogens is 96.1 g/mol. The Hall–Kier alpha value is 0. The molecule has 2 atom stereocenters. The first-order valence-electron chi connectivity index (χ1n) is 3.22. The molecule has 0 heterocycles. The Bertz CT molecular complexity index is 64.4. The molecule has 1 rings (SSSR count). The van der Waals surface area contributed by atoms with Crippen LogP contribution in [0.25, 0.3) is 0 Å². The zero-order chi connectivity index (χ0) is 5.44. The molecule has 1 fully saturated rings. The molecule has 50 valence electrons. The second kappa shape index (κ2) is 2.52. The van der Waals surface area contributed by atoms with E-state index in [4.69, 9.17) is 0 Å². The lowest BCUT2D eigenvalue weighted by Gasteiger charge is -1.97. The van der Waals surface area contributed by atoms with Gasteiger partial charge in [0.25, 0.3) is 0 Å². The maximum Gasteiger partial charge on any atom is -0.0363 e. The molecule has 0 bridgehead atoms. The lowest BCUT2D eigenvalue weighted by molar-refractivity contribution is 0.530. The van der Waals surface area contributed by atoms with Crippen molar-refractivity contribution < 1.29 is 0 Å². The maximum atomic E-state index is 2.34. The first-order valence-corrected chi connectivity index (χ1v) is 3.22. The molecule has 0 amide bonds. The summed E-state index contributed by atoms with van der Waals surface area (Å²) in [4.78, 5) is 0. The number of rotatable bonds is 1. The number of hydrogen-bond donors (Lipinski definition) is 0. The Labute approximate surface area is 53.3 Å². The minimum Gasteiger partial charge on any atom is -0.0776 e. The van der Waals surface area contributed by atoms with Gasteiger partial charge in [-0.05, 0) is 24.2 Å². The Morgan fingerprint density at radius 1 is 1.38 bits per heavy atom. The molecule has 0 saturated heterocycles. The lowest BCUT2D eigenvalue weighted by atomic mass is 10.1. The highest BCUT2D eigenvalue weighted by Gasteiger charge is 2.34. The van der Waals surface area contributed by atoms with Gasteiger partial charge in [-0.1, -0.05) is 28.2 Å². The summed E-state index contributed by atoms with van der Waals surface area (Å²) >= 11 is 0. The van der Waals surface area contributed by atoms with Gasteiger partial charge in [0, 0.05) is 0 Å². The van der Waals surface area contributed by atoms with Crippen molar-refractivity contribution >= 4 is 0 Å². The highest BCUT2D eigenvalue weighted by atomic mass is 14.4. The topological polar surface area (TPSA) is 0 Å². The minimum absolute atomic E-state index is 0. The van der Waals surface area contributed by atoms with E-state index < -0.39 is 0 Å². The first kappa shape index (κ1) is 8.00. The summed E-state index contributed by atoms with van der Waals surface area (Å²) in [7, 11) is 0. The van der Waals surface area contributed by atoms with E-state index in [9.17, 15) is 0 Å². The predicted octanol–water partition coefficient (Wildman–Crippen LogP) is 2.93. The van der Waals surface area contributed by atoms with E-state index in [1.165, 1.54) is 6.42 Å². The molecule has 0 radical (unpaired) electrons. The molecule has 1 saturated carbocycles. The fourth-order valence-electron chi connectivity index (χ4n) is 1.28. The van der Waals surface area contributed by atoms with Gasteiger partial charge in [0.05, 0.1) is 0 Å². The SMILES string of the molecule is C.CC(C)C1CC1C. The Morgan fingerprint density at radius 2 is 1.75 bits per heavy atom. The fraction of sp³-hybridized carbons (Fsp3) is 1.00. The van der Waals surface area contributed by atoms with E-state index in [0.717, 1.165) is 17.8 Å². The molecule has 8 heavy (non-hydrogen) atoms. The highest BCUT2D eigenvalue weighted by Crippen LogP contribution is 2.43. The van der Waals surface area contributed by atoms with Crippen molar-refractivity contribution in [1.82, 2.24) is 0 Å². The Balaban J connectivity index is 0.000000490. The van der Waals surface area contributed by atoms with Crippen molar-refractivity contribution in [2.24, 2.45) is 17.8 Å². The fourth-order valence-corrected chi connectivity index (χ4v) is 1.28. The van der Waals surface area contributed by atoms with Gasteiger partial charge in [0.2, 0.25) is 0 Å². The zero-order valence-corrected chi connectivity index (χ0v) is 5.44. The zero-order valence-electron chi connectivity index (χ0n) is 5.44. The van der Waals surface area contributed by atoms with Crippen molar-refractivity contribution in [2.45, 2.75) is 34.6 Å². The molecule has 1 aliphatic carbocycles. The molecule has 2 unspecified atom stereocenters. The second-order valence-electron chi connectivity index (χ2n) is 3.12. The molecule has 1 aliphatic rings. The largest absolute Gasteiger partial charge is 0.0776 e. The predicted molar refractivity (Wildman–Crippen MR) is 38.8 cm³/mol. The monoisotopic (exact) mass is 114 g/mol. The van der Waals surface area contributed by atoms with Gasteiger partial charge in [-0.25, -0.2) is 0 Å². The van der Waals surface area contributed by atoms with Crippen LogP contribution in [0.1, 0.15) is 34.6 Å². The van der Waals surface area contributed by atoms with Crippen LogP contribution in [-0.2, 0) is 0 Å². The number of hydrogen-bond acceptors (Lipinski definition) is 0. The van der Waals surface area contributed by atoms with Gasteiger partial charge in [-0.3, -0.25) is 0 Å². The van der Waals surface area contributed by atoms with Crippen LogP contribution in [0.4, 0.5) is 0 Å². The third kappa shape index (κ3) is 1.50. The van der Waals surface area contributed by atoms with Gasteiger partial charge in [-0.15, -0.1) is 0 Å². The van der Waals surface area contributed by atoms with E-state index in [-0.39, 0.29) is 7.43 Å². The van der Waals surface area contributed by atoms with E-state index >= 15 is 0 Å². The quantitative estimate of drug-likeness (QED) is 0.491. The van der Waals surface area contributed by atoms with E-state index in [2.05, 4.69) is 20.8 Å². The Morgan fingerprint density at radius 3 is 1.75 bits per heavy atom. The van der Waals surface area contributed by atoms with Crippen molar-refractivity contribution in [3.8, 4) is 0 Å². The summed E-state index contributed by atoms with van der Waals surface area (Å²) in [6.45, 7) is 6.97. The molecule has 0 spiro atoms. The van der Waals surface area contributed by atoms with Crippen LogP contribution in [-0.4, -0.2) is 0 Å². The van der Waals surface area contributed by atoms with Gasteiger partial charge in [-0.2, -0.15) is 0 Å². The third-order valence-corrected chi connectivity index (χ3v) is 2.03. The van der Waals surface area contributed by atoms with Crippen molar-refractivity contribution in [3.05, 3.63) is 0 Å². The average molecular weight is 114 g/mol. The third-order valence-electron chi connectivity index (χ3n) is 2.03. The minimum atomic E-state index is 0.